The Labute approximate surface area is 230 Å². The van der Waals surface area contributed by atoms with Crippen LogP contribution in [0.25, 0.3) is 16.9 Å². The van der Waals surface area contributed by atoms with E-state index in [9.17, 15) is 26.4 Å². The number of nitrogens with two attached hydrogens (primary N) is 1. The van der Waals surface area contributed by atoms with Gasteiger partial charge in [-0.1, -0.05) is 19.9 Å². The first-order valence-corrected chi connectivity index (χ1v) is 14.2. The predicted molar refractivity (Wildman–Crippen MR) is 144 cm³/mol. The highest BCUT2D eigenvalue weighted by molar-refractivity contribution is 7.90. The Morgan fingerprint density at radius 1 is 1.18 bits per heavy atom. The Morgan fingerprint density at radius 2 is 1.80 bits per heavy atom. The minimum absolute atomic E-state index is 0.132. The molecule has 0 fully saturated rings. The molecule has 0 aliphatic carbocycles. The maximum atomic E-state index is 12.7. The number of carboxylic acid groups (broad SMARTS) is 1. The number of aromatic nitrogens is 3. The van der Waals surface area contributed by atoms with Crippen LogP contribution in [0.1, 0.15) is 42.7 Å². The smallest absolute Gasteiger partial charge is 0.475 e. The van der Waals surface area contributed by atoms with Gasteiger partial charge < -0.3 is 21.1 Å². The molecule has 0 radical (unpaired) electrons. The summed E-state index contributed by atoms with van der Waals surface area (Å²) < 4.78 is 57.5. The molecule has 0 aliphatic rings. The summed E-state index contributed by atoms with van der Waals surface area (Å²) >= 11 is 0. The molecule has 2 heterocycles. The van der Waals surface area contributed by atoms with E-state index in [1.807, 2.05) is 6.92 Å². The van der Waals surface area contributed by atoms with Crippen molar-refractivity contribution in [2.45, 2.75) is 44.7 Å². The van der Waals surface area contributed by atoms with Crippen LogP contribution in [0.4, 0.5) is 19.0 Å². The number of carbonyl (C=O) groups is 2. The van der Waals surface area contributed by atoms with E-state index in [0.29, 0.717) is 23.4 Å². The summed E-state index contributed by atoms with van der Waals surface area (Å²) in [4.78, 5) is 32.7. The number of imidazole rings is 1. The molecule has 4 N–H and O–H groups in total. The lowest BCUT2D eigenvalue weighted by atomic mass is 10.1. The Kier molecular flexibility index (Phi) is 11.0. The van der Waals surface area contributed by atoms with E-state index in [2.05, 4.69) is 34.0 Å². The van der Waals surface area contributed by atoms with Crippen molar-refractivity contribution in [3.63, 3.8) is 0 Å². The van der Waals surface area contributed by atoms with Crippen molar-refractivity contribution in [2.24, 2.45) is 0 Å². The van der Waals surface area contributed by atoms with Crippen LogP contribution >= 0.6 is 0 Å². The zero-order valence-corrected chi connectivity index (χ0v) is 23.4. The van der Waals surface area contributed by atoms with Gasteiger partial charge in [0.15, 0.2) is 21.3 Å². The van der Waals surface area contributed by atoms with E-state index < -0.39 is 22.0 Å². The highest BCUT2D eigenvalue weighted by Crippen LogP contribution is 2.28. The Bertz CT molecular complexity index is 1450. The van der Waals surface area contributed by atoms with Crippen LogP contribution in [-0.4, -0.2) is 83.3 Å². The second-order valence-electron chi connectivity index (χ2n) is 8.89. The largest absolute Gasteiger partial charge is 0.490 e. The van der Waals surface area contributed by atoms with Gasteiger partial charge in [0.1, 0.15) is 5.69 Å². The molecule has 0 unspecified atom stereocenters. The summed E-state index contributed by atoms with van der Waals surface area (Å²) in [6, 6.07) is 4.94. The highest BCUT2D eigenvalue weighted by Gasteiger charge is 2.38. The number of unbranched alkanes of at least 4 members (excludes halogenated alkanes) is 1. The number of benzene rings is 1. The van der Waals surface area contributed by atoms with Gasteiger partial charge in [0.05, 0.1) is 16.8 Å². The first kappa shape index (κ1) is 32.5. The van der Waals surface area contributed by atoms with Gasteiger partial charge in [-0.25, -0.2) is 23.2 Å². The SMILES string of the molecule is CCN(CC)CCCCNC(=O)c1cn2c(-c3cc(S(C)(=O)=O)ccc3C)cnc2c(N)n1.O=C(O)C(F)(F)F. The van der Waals surface area contributed by atoms with Crippen LogP contribution in [-0.2, 0) is 14.6 Å². The molecule has 11 nitrogen and oxygen atoms in total. The van der Waals surface area contributed by atoms with Crippen LogP contribution in [0.2, 0.25) is 0 Å². The van der Waals surface area contributed by atoms with Crippen molar-refractivity contribution >= 4 is 33.2 Å². The molecule has 15 heteroatoms. The van der Waals surface area contributed by atoms with Crippen molar-refractivity contribution in [2.75, 3.05) is 38.2 Å². The zero-order valence-electron chi connectivity index (χ0n) is 22.6. The normalized spacial score (nSPS) is 11.8. The molecule has 40 heavy (non-hydrogen) atoms. The number of aliphatic carboxylic acids is 1. The summed E-state index contributed by atoms with van der Waals surface area (Å²) in [5, 5.41) is 10.0. The molecular weight excluding hydrogens is 553 g/mol. The number of nitrogen functional groups attached to an aromatic ring is 1. The molecule has 1 aromatic carbocycles. The van der Waals surface area contributed by atoms with Crippen LogP contribution in [0.5, 0.6) is 0 Å². The van der Waals surface area contributed by atoms with E-state index in [1.54, 1.807) is 35.0 Å². The van der Waals surface area contributed by atoms with Crippen LogP contribution in [0, 0.1) is 6.92 Å². The number of nitrogens with zero attached hydrogens (tertiary/aromatic N) is 4. The van der Waals surface area contributed by atoms with Crippen molar-refractivity contribution in [3.8, 4) is 11.3 Å². The van der Waals surface area contributed by atoms with Gasteiger partial charge in [0.25, 0.3) is 5.91 Å². The van der Waals surface area contributed by atoms with Crippen LogP contribution in [0.15, 0.2) is 35.5 Å². The molecule has 3 rings (SSSR count). The van der Waals surface area contributed by atoms with Gasteiger partial charge in [0.2, 0.25) is 0 Å². The van der Waals surface area contributed by atoms with Crippen molar-refractivity contribution in [3.05, 3.63) is 41.9 Å². The van der Waals surface area contributed by atoms with Gasteiger partial charge in [-0.15, -0.1) is 0 Å². The van der Waals surface area contributed by atoms with Crippen LogP contribution < -0.4 is 11.1 Å². The average Bonchev–Trinajstić information content (AvgIpc) is 3.30. The Hall–Kier alpha value is -3.72. The standard InChI is InChI=1S/C23H32N6O3S.C2HF3O2/c1-5-28(6-2)12-8-7-11-25-23(30)19-15-29-20(14-26-22(29)21(24)27-19)18-13-17(33(4,31)32)10-9-16(18)3;3-2(4,5)1(6)7/h9-10,13-15H,5-8,11-12H2,1-4H3,(H2,24,27)(H,25,30);(H,6,7). The number of sulfone groups is 1. The number of amides is 1. The summed E-state index contributed by atoms with van der Waals surface area (Å²) in [7, 11) is -3.37. The molecule has 2 aromatic heterocycles. The number of hydrogen-bond donors (Lipinski definition) is 3. The van der Waals surface area contributed by atoms with Gasteiger partial charge in [0, 0.05) is 24.6 Å². The van der Waals surface area contributed by atoms with Gasteiger partial charge in [-0.3, -0.25) is 9.20 Å². The lowest BCUT2D eigenvalue weighted by Crippen LogP contribution is -2.28. The molecule has 0 aliphatic heterocycles. The highest BCUT2D eigenvalue weighted by atomic mass is 32.2. The number of hydrogen-bond acceptors (Lipinski definition) is 8. The maximum absolute atomic E-state index is 12.7. The number of alkyl halides is 3. The molecule has 0 saturated heterocycles. The molecule has 0 spiro atoms. The zero-order chi connectivity index (χ0) is 30.3. The number of carboxylic acids is 1. The number of fused-ring (bicyclic) bond motifs is 1. The fourth-order valence-corrected chi connectivity index (χ4v) is 4.37. The third-order valence-electron chi connectivity index (χ3n) is 5.99. The van der Waals surface area contributed by atoms with E-state index in [-0.39, 0.29) is 22.3 Å². The number of halogens is 3. The summed E-state index contributed by atoms with van der Waals surface area (Å²) in [5.74, 6) is -2.94. The van der Waals surface area contributed by atoms with Crippen molar-refractivity contribution in [1.82, 2.24) is 24.6 Å². The lowest BCUT2D eigenvalue weighted by Gasteiger charge is -2.17. The second-order valence-corrected chi connectivity index (χ2v) is 10.9. The lowest BCUT2D eigenvalue weighted by molar-refractivity contribution is -0.192. The third-order valence-corrected chi connectivity index (χ3v) is 7.10. The fraction of sp³-hybridized carbons (Fsp3) is 0.440. The monoisotopic (exact) mass is 586 g/mol. The molecule has 3 aromatic rings. The molecule has 0 atom stereocenters. The topological polar surface area (TPSA) is 160 Å². The fourth-order valence-electron chi connectivity index (χ4n) is 3.72. The van der Waals surface area contributed by atoms with Crippen molar-refractivity contribution in [1.29, 1.82) is 0 Å². The third kappa shape index (κ3) is 8.64. The number of nitrogens with one attached hydrogen (secondary N) is 1. The minimum Gasteiger partial charge on any atom is -0.475 e. The number of rotatable bonds is 10. The quantitative estimate of drug-likeness (QED) is 0.303. The van der Waals surface area contributed by atoms with Gasteiger partial charge in [-0.05, 0) is 57.1 Å². The molecule has 0 saturated carbocycles. The average molecular weight is 587 g/mol. The van der Waals surface area contributed by atoms with Gasteiger partial charge in [-0.2, -0.15) is 13.2 Å². The Balaban J connectivity index is 0.000000708. The van der Waals surface area contributed by atoms with E-state index in [0.717, 1.165) is 38.0 Å². The number of anilines is 1. The summed E-state index contributed by atoms with van der Waals surface area (Å²) in [6.45, 7) is 9.76. The minimum atomic E-state index is -5.08. The van der Waals surface area contributed by atoms with E-state index >= 15 is 0 Å². The number of carbonyl (C=O) groups excluding carboxylic acids is 1. The summed E-state index contributed by atoms with van der Waals surface area (Å²) in [6.07, 6.45) is 1.15. The van der Waals surface area contributed by atoms with E-state index in [1.165, 1.54) is 6.26 Å². The predicted octanol–water partition coefficient (Wildman–Crippen LogP) is 3.18. The van der Waals surface area contributed by atoms with Crippen molar-refractivity contribution < 1.29 is 36.3 Å². The molecule has 1 amide bonds. The van der Waals surface area contributed by atoms with Crippen LogP contribution in [0.3, 0.4) is 0 Å². The van der Waals surface area contributed by atoms with Gasteiger partial charge >= 0.3 is 12.1 Å². The Morgan fingerprint density at radius 3 is 2.35 bits per heavy atom. The molecule has 0 bridgehead atoms. The first-order valence-electron chi connectivity index (χ1n) is 12.3. The summed E-state index contributed by atoms with van der Waals surface area (Å²) in [5.41, 5.74) is 8.88. The molecular formula is C25H33F3N6O5S. The molecule has 220 valence electrons. The van der Waals surface area contributed by atoms with E-state index in [4.69, 9.17) is 15.6 Å². The number of aryl methyl sites for hydroxylation is 1. The maximum Gasteiger partial charge on any atom is 0.490 e. The first-order chi connectivity index (χ1) is 18.6. The second kappa shape index (κ2) is 13.6.